The standard InChI is InChI=1S/C11H13ClF3N/c1-3-16(4-2)10-7-8(12)5-6-9(10)11(13,14)15/h5-7H,3-4H2,1-2H3. The van der Waals surface area contributed by atoms with Crippen molar-refractivity contribution in [2.45, 2.75) is 20.0 Å². The lowest BCUT2D eigenvalue weighted by Gasteiger charge is -2.25. The number of halogens is 4. The monoisotopic (exact) mass is 251 g/mol. The van der Waals surface area contributed by atoms with Gasteiger partial charge >= 0.3 is 6.18 Å². The van der Waals surface area contributed by atoms with E-state index in [1.165, 1.54) is 12.1 Å². The first-order valence-electron chi connectivity index (χ1n) is 5.01. The molecular weight excluding hydrogens is 239 g/mol. The Balaban J connectivity index is 3.28. The summed E-state index contributed by atoms with van der Waals surface area (Å²) in [6, 6.07) is 3.64. The minimum absolute atomic E-state index is 0.144. The third kappa shape index (κ3) is 2.82. The van der Waals surface area contributed by atoms with Gasteiger partial charge in [-0.1, -0.05) is 11.6 Å². The molecule has 0 N–H and O–H groups in total. The molecule has 0 aliphatic carbocycles. The second kappa shape index (κ2) is 4.95. The molecule has 0 aliphatic rings. The zero-order valence-corrected chi connectivity index (χ0v) is 9.86. The van der Waals surface area contributed by atoms with Crippen LogP contribution >= 0.6 is 11.6 Å². The Labute approximate surface area is 97.8 Å². The van der Waals surface area contributed by atoms with Gasteiger partial charge < -0.3 is 4.90 Å². The molecule has 0 bridgehead atoms. The van der Waals surface area contributed by atoms with E-state index in [1.807, 2.05) is 13.8 Å². The maximum atomic E-state index is 12.7. The van der Waals surface area contributed by atoms with Gasteiger partial charge in [-0.05, 0) is 32.0 Å². The van der Waals surface area contributed by atoms with Gasteiger partial charge in [0.15, 0.2) is 0 Å². The predicted molar refractivity (Wildman–Crippen MR) is 60.0 cm³/mol. The van der Waals surface area contributed by atoms with Crippen LogP contribution in [0.2, 0.25) is 5.02 Å². The van der Waals surface area contributed by atoms with Gasteiger partial charge in [-0.15, -0.1) is 0 Å². The molecule has 90 valence electrons. The molecule has 0 heterocycles. The summed E-state index contributed by atoms with van der Waals surface area (Å²) in [6.07, 6.45) is -4.34. The molecule has 0 unspecified atom stereocenters. The highest BCUT2D eigenvalue weighted by atomic mass is 35.5. The quantitative estimate of drug-likeness (QED) is 0.778. The molecule has 0 aromatic heterocycles. The van der Waals surface area contributed by atoms with Gasteiger partial charge in [0.1, 0.15) is 0 Å². The fourth-order valence-electron chi connectivity index (χ4n) is 1.57. The van der Waals surface area contributed by atoms with Crippen molar-refractivity contribution in [1.29, 1.82) is 0 Å². The van der Waals surface area contributed by atoms with Crippen LogP contribution in [0.15, 0.2) is 18.2 Å². The molecule has 1 aromatic carbocycles. The summed E-state index contributed by atoms with van der Waals surface area (Å²) in [5.74, 6) is 0. The van der Waals surface area contributed by atoms with Crippen LogP contribution in [0.4, 0.5) is 18.9 Å². The smallest absolute Gasteiger partial charge is 0.372 e. The van der Waals surface area contributed by atoms with Gasteiger partial charge in [-0.2, -0.15) is 13.2 Å². The average molecular weight is 252 g/mol. The third-order valence-corrected chi connectivity index (χ3v) is 2.60. The lowest BCUT2D eigenvalue weighted by molar-refractivity contribution is -0.137. The van der Waals surface area contributed by atoms with Crippen molar-refractivity contribution in [3.8, 4) is 0 Å². The highest BCUT2D eigenvalue weighted by Gasteiger charge is 2.34. The van der Waals surface area contributed by atoms with Gasteiger partial charge in [-0.3, -0.25) is 0 Å². The summed E-state index contributed by atoms with van der Waals surface area (Å²) in [5.41, 5.74) is -0.495. The van der Waals surface area contributed by atoms with Gasteiger partial charge in [0, 0.05) is 18.1 Å². The van der Waals surface area contributed by atoms with Crippen LogP contribution < -0.4 is 4.90 Å². The minimum Gasteiger partial charge on any atom is -0.372 e. The summed E-state index contributed by atoms with van der Waals surface area (Å²) in [6.45, 7) is 4.65. The van der Waals surface area contributed by atoms with Crippen LogP contribution in [0.3, 0.4) is 0 Å². The summed E-state index contributed by atoms with van der Waals surface area (Å²) in [5, 5.41) is 0.315. The number of hydrogen-bond donors (Lipinski definition) is 0. The Morgan fingerprint density at radius 1 is 1.19 bits per heavy atom. The van der Waals surface area contributed by atoms with Crippen molar-refractivity contribution >= 4 is 17.3 Å². The van der Waals surface area contributed by atoms with E-state index in [1.54, 1.807) is 4.90 Å². The van der Waals surface area contributed by atoms with Crippen molar-refractivity contribution < 1.29 is 13.2 Å². The molecule has 0 saturated carbocycles. The van der Waals surface area contributed by atoms with Crippen molar-refractivity contribution in [3.05, 3.63) is 28.8 Å². The van der Waals surface area contributed by atoms with Crippen LogP contribution in [-0.2, 0) is 6.18 Å². The molecule has 1 aromatic rings. The van der Waals surface area contributed by atoms with Crippen LogP contribution in [0.1, 0.15) is 19.4 Å². The lowest BCUT2D eigenvalue weighted by Crippen LogP contribution is -2.25. The molecule has 5 heteroatoms. The van der Waals surface area contributed by atoms with Crippen molar-refractivity contribution in [3.63, 3.8) is 0 Å². The zero-order valence-electron chi connectivity index (χ0n) is 9.11. The summed E-state index contributed by atoms with van der Waals surface area (Å²) < 4.78 is 38.2. The second-order valence-corrected chi connectivity index (χ2v) is 3.77. The van der Waals surface area contributed by atoms with Crippen molar-refractivity contribution in [1.82, 2.24) is 0 Å². The molecule has 0 radical (unpaired) electrons. The summed E-state index contributed by atoms with van der Waals surface area (Å²) >= 11 is 5.73. The zero-order chi connectivity index (χ0) is 12.3. The minimum atomic E-state index is -4.34. The van der Waals surface area contributed by atoms with Crippen LogP contribution in [0.25, 0.3) is 0 Å². The molecule has 0 aliphatic heterocycles. The van der Waals surface area contributed by atoms with E-state index < -0.39 is 11.7 Å². The van der Waals surface area contributed by atoms with E-state index in [9.17, 15) is 13.2 Å². The van der Waals surface area contributed by atoms with Crippen LogP contribution in [0, 0.1) is 0 Å². The first-order chi connectivity index (χ1) is 7.40. The largest absolute Gasteiger partial charge is 0.418 e. The lowest BCUT2D eigenvalue weighted by atomic mass is 10.1. The van der Waals surface area contributed by atoms with Gasteiger partial charge in [0.05, 0.1) is 11.3 Å². The number of alkyl halides is 3. The van der Waals surface area contributed by atoms with Gasteiger partial charge in [0.25, 0.3) is 0 Å². The van der Waals surface area contributed by atoms with E-state index in [4.69, 9.17) is 11.6 Å². The fourth-order valence-corrected chi connectivity index (χ4v) is 1.74. The van der Waals surface area contributed by atoms with Crippen molar-refractivity contribution in [2.75, 3.05) is 18.0 Å². The molecule has 0 atom stereocenters. The molecule has 0 spiro atoms. The Morgan fingerprint density at radius 2 is 1.75 bits per heavy atom. The normalized spacial score (nSPS) is 11.6. The molecule has 1 rings (SSSR count). The average Bonchev–Trinajstić information content (AvgIpc) is 2.17. The number of hydrogen-bond acceptors (Lipinski definition) is 1. The summed E-state index contributed by atoms with van der Waals surface area (Å²) in [4.78, 5) is 1.63. The molecule has 0 saturated heterocycles. The maximum absolute atomic E-state index is 12.7. The second-order valence-electron chi connectivity index (χ2n) is 3.33. The molecular formula is C11H13ClF3N. The molecule has 0 amide bonds. The van der Waals surface area contributed by atoms with Crippen molar-refractivity contribution in [2.24, 2.45) is 0 Å². The molecule has 0 fully saturated rings. The maximum Gasteiger partial charge on any atom is 0.418 e. The highest BCUT2D eigenvalue weighted by molar-refractivity contribution is 6.30. The van der Waals surface area contributed by atoms with E-state index in [0.717, 1.165) is 6.07 Å². The Morgan fingerprint density at radius 3 is 2.19 bits per heavy atom. The highest BCUT2D eigenvalue weighted by Crippen LogP contribution is 2.37. The Bertz CT molecular complexity index is 359. The van der Waals surface area contributed by atoms with Crippen LogP contribution in [0.5, 0.6) is 0 Å². The topological polar surface area (TPSA) is 3.24 Å². The third-order valence-electron chi connectivity index (χ3n) is 2.37. The van der Waals surface area contributed by atoms with Gasteiger partial charge in [-0.25, -0.2) is 0 Å². The van der Waals surface area contributed by atoms with Crippen LogP contribution in [-0.4, -0.2) is 13.1 Å². The number of benzene rings is 1. The first-order valence-corrected chi connectivity index (χ1v) is 5.39. The molecule has 16 heavy (non-hydrogen) atoms. The van der Waals surface area contributed by atoms with E-state index in [2.05, 4.69) is 0 Å². The SMILES string of the molecule is CCN(CC)c1cc(Cl)ccc1C(F)(F)F. The first kappa shape index (κ1) is 13.2. The fraction of sp³-hybridized carbons (Fsp3) is 0.455. The van der Waals surface area contributed by atoms with E-state index >= 15 is 0 Å². The number of nitrogens with zero attached hydrogens (tertiary/aromatic N) is 1. The Kier molecular flexibility index (Phi) is 4.08. The molecule has 1 nitrogen and oxygen atoms in total. The Hall–Kier alpha value is -0.900. The summed E-state index contributed by atoms with van der Waals surface area (Å²) in [7, 11) is 0. The van der Waals surface area contributed by atoms with Gasteiger partial charge in [0.2, 0.25) is 0 Å². The number of rotatable bonds is 3. The van der Waals surface area contributed by atoms with E-state index in [0.29, 0.717) is 18.1 Å². The van der Waals surface area contributed by atoms with E-state index in [-0.39, 0.29) is 5.69 Å². The predicted octanol–water partition coefficient (Wildman–Crippen LogP) is 4.21. The number of anilines is 1.